The summed E-state index contributed by atoms with van der Waals surface area (Å²) >= 11 is 0. The number of carbonyl (C=O) groups is 1. The van der Waals surface area contributed by atoms with Crippen LogP contribution in [0.15, 0.2) is 12.4 Å². The van der Waals surface area contributed by atoms with Gasteiger partial charge in [-0.3, -0.25) is 4.68 Å². The van der Waals surface area contributed by atoms with Crippen LogP contribution in [0.2, 0.25) is 0 Å². The monoisotopic (exact) mass is 238 g/mol. The molecule has 0 aliphatic carbocycles. The molecule has 1 saturated heterocycles. The third-order valence-corrected chi connectivity index (χ3v) is 3.00. The standard InChI is InChI=1S/C12H18N2O3/c1-3-14-8-10(7-13-14)11(15)16-9-12(2)5-4-6-17-12/h7-8H,3-6,9H2,1-2H3/t12-/m0/s1. The predicted octanol–water partition coefficient (Wildman–Crippen LogP) is 1.63. The average Bonchev–Trinajstić information content (AvgIpc) is 2.95. The first-order valence-corrected chi connectivity index (χ1v) is 5.96. The minimum absolute atomic E-state index is 0.309. The van der Waals surface area contributed by atoms with Gasteiger partial charge in [-0.25, -0.2) is 4.79 Å². The summed E-state index contributed by atoms with van der Waals surface area (Å²) < 4.78 is 12.5. The molecule has 0 saturated carbocycles. The summed E-state index contributed by atoms with van der Waals surface area (Å²) in [6.07, 6.45) is 5.19. The Morgan fingerprint density at radius 2 is 2.53 bits per heavy atom. The summed E-state index contributed by atoms with van der Waals surface area (Å²) in [6.45, 7) is 5.75. The second-order valence-electron chi connectivity index (χ2n) is 4.56. The van der Waals surface area contributed by atoms with E-state index in [2.05, 4.69) is 5.10 Å². The normalized spacial score (nSPS) is 23.9. The summed E-state index contributed by atoms with van der Waals surface area (Å²) in [7, 11) is 0. The van der Waals surface area contributed by atoms with E-state index in [1.54, 1.807) is 10.9 Å². The maximum absolute atomic E-state index is 11.7. The smallest absolute Gasteiger partial charge is 0.341 e. The van der Waals surface area contributed by atoms with Gasteiger partial charge in [-0.2, -0.15) is 5.10 Å². The van der Waals surface area contributed by atoms with E-state index in [1.165, 1.54) is 6.20 Å². The minimum atomic E-state index is -0.332. The highest BCUT2D eigenvalue weighted by molar-refractivity contribution is 5.88. The van der Waals surface area contributed by atoms with Gasteiger partial charge in [0.05, 0.1) is 17.4 Å². The molecule has 1 aromatic heterocycles. The average molecular weight is 238 g/mol. The van der Waals surface area contributed by atoms with Gasteiger partial charge in [-0.15, -0.1) is 0 Å². The van der Waals surface area contributed by atoms with Gasteiger partial charge in [-0.05, 0) is 26.7 Å². The molecule has 5 nitrogen and oxygen atoms in total. The molecular weight excluding hydrogens is 220 g/mol. The first kappa shape index (κ1) is 12.1. The Labute approximate surface area is 101 Å². The molecule has 0 bridgehead atoms. The third kappa shape index (κ3) is 2.85. The number of hydrogen-bond donors (Lipinski definition) is 0. The lowest BCUT2D eigenvalue weighted by Gasteiger charge is -2.22. The number of ether oxygens (including phenoxy) is 2. The molecule has 0 amide bonds. The zero-order chi connectivity index (χ0) is 12.3. The quantitative estimate of drug-likeness (QED) is 0.748. The lowest BCUT2D eigenvalue weighted by molar-refractivity contribution is -0.0378. The fraction of sp³-hybridized carbons (Fsp3) is 0.667. The Bertz CT molecular complexity index is 394. The van der Waals surface area contributed by atoms with E-state index in [9.17, 15) is 4.79 Å². The SMILES string of the molecule is CCn1cc(C(=O)OC[C@]2(C)CCCO2)cn1. The molecule has 0 unspecified atom stereocenters. The van der Waals surface area contributed by atoms with Crippen LogP contribution in [0.25, 0.3) is 0 Å². The molecule has 0 radical (unpaired) electrons. The lowest BCUT2D eigenvalue weighted by Crippen LogP contribution is -2.31. The van der Waals surface area contributed by atoms with Crippen molar-refractivity contribution in [2.75, 3.05) is 13.2 Å². The molecule has 2 heterocycles. The van der Waals surface area contributed by atoms with E-state index >= 15 is 0 Å². The van der Waals surface area contributed by atoms with Crippen molar-refractivity contribution in [2.24, 2.45) is 0 Å². The van der Waals surface area contributed by atoms with Crippen LogP contribution in [-0.4, -0.2) is 34.6 Å². The Hall–Kier alpha value is -1.36. The van der Waals surface area contributed by atoms with Crippen molar-refractivity contribution in [3.05, 3.63) is 18.0 Å². The van der Waals surface area contributed by atoms with Crippen molar-refractivity contribution < 1.29 is 14.3 Å². The fourth-order valence-electron chi connectivity index (χ4n) is 1.89. The van der Waals surface area contributed by atoms with E-state index in [-0.39, 0.29) is 11.6 Å². The Morgan fingerprint density at radius 3 is 3.12 bits per heavy atom. The van der Waals surface area contributed by atoms with Crippen molar-refractivity contribution in [3.63, 3.8) is 0 Å². The van der Waals surface area contributed by atoms with Crippen LogP contribution in [0.5, 0.6) is 0 Å². The van der Waals surface area contributed by atoms with Gasteiger partial charge in [0.2, 0.25) is 0 Å². The molecule has 5 heteroatoms. The first-order valence-electron chi connectivity index (χ1n) is 5.96. The summed E-state index contributed by atoms with van der Waals surface area (Å²) in [5.41, 5.74) is 0.185. The van der Waals surface area contributed by atoms with Gasteiger partial charge in [0.25, 0.3) is 0 Å². The van der Waals surface area contributed by atoms with Crippen LogP contribution in [0.3, 0.4) is 0 Å². The topological polar surface area (TPSA) is 53.4 Å². The molecule has 1 atom stereocenters. The highest BCUT2D eigenvalue weighted by Crippen LogP contribution is 2.25. The van der Waals surface area contributed by atoms with Gasteiger partial charge in [0, 0.05) is 19.3 Å². The number of nitrogens with zero attached hydrogens (tertiary/aromatic N) is 2. The van der Waals surface area contributed by atoms with Gasteiger partial charge >= 0.3 is 5.97 Å². The maximum Gasteiger partial charge on any atom is 0.341 e. The molecule has 0 aromatic carbocycles. The van der Waals surface area contributed by atoms with Crippen molar-refractivity contribution >= 4 is 5.97 Å². The highest BCUT2D eigenvalue weighted by Gasteiger charge is 2.31. The third-order valence-electron chi connectivity index (χ3n) is 3.00. The number of carbonyl (C=O) groups excluding carboxylic acids is 1. The molecule has 1 aromatic rings. The fourth-order valence-corrected chi connectivity index (χ4v) is 1.89. The largest absolute Gasteiger partial charge is 0.459 e. The highest BCUT2D eigenvalue weighted by atomic mass is 16.6. The van der Waals surface area contributed by atoms with Crippen molar-refractivity contribution in [3.8, 4) is 0 Å². The molecule has 17 heavy (non-hydrogen) atoms. The number of hydrogen-bond acceptors (Lipinski definition) is 4. The van der Waals surface area contributed by atoms with Crippen molar-refractivity contribution in [1.29, 1.82) is 0 Å². The van der Waals surface area contributed by atoms with Gasteiger partial charge < -0.3 is 9.47 Å². The Kier molecular flexibility index (Phi) is 3.47. The molecule has 94 valence electrons. The number of rotatable bonds is 4. The molecule has 1 aliphatic rings. The van der Waals surface area contributed by atoms with Gasteiger partial charge in [-0.1, -0.05) is 0 Å². The van der Waals surface area contributed by atoms with Crippen molar-refractivity contribution in [2.45, 2.75) is 38.8 Å². The first-order chi connectivity index (χ1) is 8.13. The van der Waals surface area contributed by atoms with E-state index in [1.807, 2.05) is 13.8 Å². The minimum Gasteiger partial charge on any atom is -0.459 e. The molecule has 2 rings (SSSR count). The predicted molar refractivity (Wildman–Crippen MR) is 61.8 cm³/mol. The van der Waals surface area contributed by atoms with Crippen LogP contribution in [0.1, 0.15) is 37.0 Å². The molecule has 1 aliphatic heterocycles. The van der Waals surface area contributed by atoms with Crippen LogP contribution >= 0.6 is 0 Å². The van der Waals surface area contributed by atoms with Crippen LogP contribution in [0, 0.1) is 0 Å². The molecule has 0 N–H and O–H groups in total. The van der Waals surface area contributed by atoms with Gasteiger partial charge in [0.15, 0.2) is 0 Å². The van der Waals surface area contributed by atoms with E-state index in [4.69, 9.17) is 9.47 Å². The van der Waals surface area contributed by atoms with Gasteiger partial charge in [0.1, 0.15) is 6.61 Å². The van der Waals surface area contributed by atoms with Crippen LogP contribution in [0.4, 0.5) is 0 Å². The zero-order valence-electron chi connectivity index (χ0n) is 10.3. The van der Waals surface area contributed by atoms with Crippen LogP contribution < -0.4 is 0 Å². The Balaban J connectivity index is 1.88. The number of aryl methyl sites for hydroxylation is 1. The summed E-state index contributed by atoms with van der Waals surface area (Å²) in [5, 5.41) is 4.04. The van der Waals surface area contributed by atoms with E-state index < -0.39 is 0 Å². The summed E-state index contributed by atoms with van der Waals surface area (Å²) in [4.78, 5) is 11.7. The number of esters is 1. The number of aromatic nitrogens is 2. The lowest BCUT2D eigenvalue weighted by atomic mass is 10.0. The second-order valence-corrected chi connectivity index (χ2v) is 4.56. The van der Waals surface area contributed by atoms with E-state index in [0.29, 0.717) is 12.2 Å². The van der Waals surface area contributed by atoms with E-state index in [0.717, 1.165) is 26.0 Å². The molecular formula is C12H18N2O3. The van der Waals surface area contributed by atoms with Crippen LogP contribution in [-0.2, 0) is 16.0 Å². The maximum atomic E-state index is 11.7. The molecule has 0 spiro atoms. The molecule has 1 fully saturated rings. The summed E-state index contributed by atoms with van der Waals surface area (Å²) in [5.74, 6) is -0.332. The second kappa shape index (κ2) is 4.87. The Morgan fingerprint density at radius 1 is 1.71 bits per heavy atom. The zero-order valence-corrected chi connectivity index (χ0v) is 10.3. The van der Waals surface area contributed by atoms with Crippen molar-refractivity contribution in [1.82, 2.24) is 9.78 Å². The summed E-state index contributed by atoms with van der Waals surface area (Å²) in [6, 6.07) is 0.